The van der Waals surface area contributed by atoms with Crippen LogP contribution in [0.1, 0.15) is 18.9 Å². The minimum atomic E-state index is -0.315. The second kappa shape index (κ2) is 6.27. The van der Waals surface area contributed by atoms with Gasteiger partial charge in [0, 0.05) is 17.5 Å². The first kappa shape index (κ1) is 14.3. The van der Waals surface area contributed by atoms with Crippen molar-refractivity contribution in [2.75, 3.05) is 12.4 Å². The minimum absolute atomic E-state index is 0.154. The number of amides is 1. The number of nitrogens with zero attached hydrogens (tertiary/aromatic N) is 1. The highest BCUT2D eigenvalue weighted by atomic mass is 35.5. The molecule has 4 nitrogen and oxygen atoms in total. The first-order valence-electron chi connectivity index (χ1n) is 5.51. The van der Waals surface area contributed by atoms with Crippen LogP contribution in [0.25, 0.3) is 0 Å². The molecule has 0 bridgehead atoms. The van der Waals surface area contributed by atoms with Gasteiger partial charge in [-0.25, -0.2) is 0 Å². The maximum atomic E-state index is 11.7. The molecule has 0 radical (unpaired) electrons. The third kappa shape index (κ3) is 3.64. The summed E-state index contributed by atoms with van der Waals surface area (Å²) in [6.07, 6.45) is 0.154. The number of carbonyl (C=O) groups excluding carboxylic acids is 1. The summed E-state index contributed by atoms with van der Waals surface area (Å²) in [6.45, 7) is 3.54. The average molecular weight is 267 g/mol. The third-order valence-corrected chi connectivity index (χ3v) is 2.87. The predicted octanol–water partition coefficient (Wildman–Crippen LogP) is 3.15. The van der Waals surface area contributed by atoms with E-state index >= 15 is 0 Å². The Hall–Kier alpha value is -1.73. The lowest BCUT2D eigenvalue weighted by atomic mass is 10.1. The van der Waals surface area contributed by atoms with E-state index < -0.39 is 0 Å². The second-order valence-electron chi connectivity index (χ2n) is 4.08. The summed E-state index contributed by atoms with van der Waals surface area (Å²) in [7, 11) is 1.51. The molecule has 0 aliphatic carbocycles. The smallest absolute Gasteiger partial charge is 0.225 e. The first-order valence-corrected chi connectivity index (χ1v) is 5.89. The van der Waals surface area contributed by atoms with Crippen LogP contribution in [0.2, 0.25) is 5.02 Å². The lowest BCUT2D eigenvalue weighted by Gasteiger charge is -2.12. The van der Waals surface area contributed by atoms with E-state index in [1.165, 1.54) is 7.11 Å². The summed E-state index contributed by atoms with van der Waals surface area (Å²) in [6, 6.07) is 5.42. The van der Waals surface area contributed by atoms with Gasteiger partial charge in [0.2, 0.25) is 5.91 Å². The summed E-state index contributed by atoms with van der Waals surface area (Å²) in [5.74, 6) is -0.0305. The molecular weight excluding hydrogens is 252 g/mol. The van der Waals surface area contributed by atoms with Crippen LogP contribution in [-0.4, -0.2) is 13.0 Å². The fourth-order valence-electron chi connectivity index (χ4n) is 1.45. The van der Waals surface area contributed by atoms with E-state index in [1.54, 1.807) is 19.1 Å². The third-order valence-electron chi connectivity index (χ3n) is 2.47. The van der Waals surface area contributed by atoms with Crippen LogP contribution in [0.3, 0.4) is 0 Å². The molecule has 1 aromatic rings. The number of carbonyl (C=O) groups is 1. The molecule has 1 aromatic carbocycles. The van der Waals surface area contributed by atoms with Crippen molar-refractivity contribution in [2.24, 2.45) is 5.92 Å². The highest BCUT2D eigenvalue weighted by molar-refractivity contribution is 6.31. The molecule has 1 rings (SSSR count). The highest BCUT2D eigenvalue weighted by Gasteiger charge is 2.12. The Morgan fingerprint density at radius 1 is 1.61 bits per heavy atom. The number of anilines is 1. The molecule has 1 N–H and O–H groups in total. The van der Waals surface area contributed by atoms with Crippen LogP contribution in [0, 0.1) is 24.2 Å². The number of aryl methyl sites for hydroxylation is 1. The van der Waals surface area contributed by atoms with E-state index in [9.17, 15) is 4.79 Å². The lowest BCUT2D eigenvalue weighted by molar-refractivity contribution is -0.116. The van der Waals surface area contributed by atoms with Crippen molar-refractivity contribution in [1.82, 2.24) is 0 Å². The molecule has 0 aliphatic heterocycles. The summed E-state index contributed by atoms with van der Waals surface area (Å²) in [5.41, 5.74) is 1.41. The first-order chi connectivity index (χ1) is 8.47. The summed E-state index contributed by atoms with van der Waals surface area (Å²) in [4.78, 5) is 11.7. The average Bonchev–Trinajstić information content (AvgIpc) is 2.33. The standard InChI is InChI=1S/C13H15ClN2O2/c1-8(7-15)4-13(17)16-11-5-9(2)10(14)6-12(11)18-3/h5-6,8H,4H2,1-3H3,(H,16,17). The van der Waals surface area contributed by atoms with Gasteiger partial charge in [0.15, 0.2) is 0 Å². The van der Waals surface area contributed by atoms with Gasteiger partial charge in [0.25, 0.3) is 0 Å². The predicted molar refractivity (Wildman–Crippen MR) is 70.8 cm³/mol. The van der Waals surface area contributed by atoms with Gasteiger partial charge in [-0.3, -0.25) is 4.79 Å². The van der Waals surface area contributed by atoms with E-state index in [0.717, 1.165) is 5.56 Å². The monoisotopic (exact) mass is 266 g/mol. The number of hydrogen-bond acceptors (Lipinski definition) is 3. The molecule has 5 heteroatoms. The van der Waals surface area contributed by atoms with Crippen LogP contribution in [0.4, 0.5) is 5.69 Å². The molecule has 96 valence electrons. The van der Waals surface area contributed by atoms with Crippen molar-refractivity contribution >= 4 is 23.2 Å². The number of ether oxygens (including phenoxy) is 1. The van der Waals surface area contributed by atoms with Gasteiger partial charge in [-0.05, 0) is 25.5 Å². The molecule has 0 aliphatic rings. The Morgan fingerprint density at radius 2 is 2.28 bits per heavy atom. The maximum absolute atomic E-state index is 11.7. The van der Waals surface area contributed by atoms with Crippen LogP contribution < -0.4 is 10.1 Å². The molecule has 1 atom stereocenters. The number of hydrogen-bond donors (Lipinski definition) is 1. The Labute approximate surface area is 112 Å². The van der Waals surface area contributed by atoms with Gasteiger partial charge in [-0.15, -0.1) is 0 Å². The van der Waals surface area contributed by atoms with E-state index in [1.807, 2.05) is 13.0 Å². The molecule has 0 saturated carbocycles. The Balaban J connectivity index is 2.87. The van der Waals surface area contributed by atoms with Crippen molar-refractivity contribution in [3.8, 4) is 11.8 Å². The zero-order chi connectivity index (χ0) is 13.7. The van der Waals surface area contributed by atoms with Gasteiger partial charge in [0.05, 0.1) is 24.8 Å². The van der Waals surface area contributed by atoms with Crippen molar-refractivity contribution in [3.05, 3.63) is 22.7 Å². The largest absolute Gasteiger partial charge is 0.495 e. The number of methoxy groups -OCH3 is 1. The molecule has 0 saturated heterocycles. The molecule has 0 spiro atoms. The Kier molecular flexibility index (Phi) is 4.99. The van der Waals surface area contributed by atoms with Crippen molar-refractivity contribution in [3.63, 3.8) is 0 Å². The van der Waals surface area contributed by atoms with E-state index in [2.05, 4.69) is 5.32 Å². The zero-order valence-electron chi connectivity index (χ0n) is 10.6. The number of nitriles is 1. The molecule has 0 fully saturated rings. The zero-order valence-corrected chi connectivity index (χ0v) is 11.3. The van der Waals surface area contributed by atoms with Crippen molar-refractivity contribution in [2.45, 2.75) is 20.3 Å². The van der Waals surface area contributed by atoms with Crippen LogP contribution in [0.5, 0.6) is 5.75 Å². The van der Waals surface area contributed by atoms with Gasteiger partial charge in [0.1, 0.15) is 5.75 Å². The Bertz CT molecular complexity index is 494. The molecule has 0 heterocycles. The van der Waals surface area contributed by atoms with E-state index in [-0.39, 0.29) is 18.2 Å². The number of rotatable bonds is 4. The van der Waals surface area contributed by atoms with Crippen LogP contribution in [-0.2, 0) is 4.79 Å². The lowest BCUT2D eigenvalue weighted by Crippen LogP contribution is -2.15. The highest BCUT2D eigenvalue weighted by Crippen LogP contribution is 2.31. The van der Waals surface area contributed by atoms with E-state index in [0.29, 0.717) is 16.5 Å². The van der Waals surface area contributed by atoms with Crippen molar-refractivity contribution < 1.29 is 9.53 Å². The fourth-order valence-corrected chi connectivity index (χ4v) is 1.61. The normalized spacial score (nSPS) is 11.5. The van der Waals surface area contributed by atoms with Gasteiger partial charge >= 0.3 is 0 Å². The molecule has 18 heavy (non-hydrogen) atoms. The number of benzene rings is 1. The molecule has 1 amide bonds. The van der Waals surface area contributed by atoms with Gasteiger partial charge in [-0.1, -0.05) is 11.6 Å². The SMILES string of the molecule is COc1cc(Cl)c(C)cc1NC(=O)CC(C)C#N. The summed E-state index contributed by atoms with van der Waals surface area (Å²) < 4.78 is 5.15. The number of nitrogens with one attached hydrogen (secondary N) is 1. The van der Waals surface area contributed by atoms with Gasteiger partial charge < -0.3 is 10.1 Å². The summed E-state index contributed by atoms with van der Waals surface area (Å²) in [5, 5.41) is 12.0. The summed E-state index contributed by atoms with van der Waals surface area (Å²) >= 11 is 5.97. The Morgan fingerprint density at radius 3 is 2.83 bits per heavy atom. The van der Waals surface area contributed by atoms with Gasteiger partial charge in [-0.2, -0.15) is 5.26 Å². The van der Waals surface area contributed by atoms with Crippen molar-refractivity contribution in [1.29, 1.82) is 5.26 Å². The second-order valence-corrected chi connectivity index (χ2v) is 4.49. The molecule has 1 unspecified atom stereocenters. The fraction of sp³-hybridized carbons (Fsp3) is 0.385. The van der Waals surface area contributed by atoms with Crippen LogP contribution >= 0.6 is 11.6 Å². The van der Waals surface area contributed by atoms with E-state index in [4.69, 9.17) is 21.6 Å². The molecule has 0 aromatic heterocycles. The number of halogens is 1. The maximum Gasteiger partial charge on any atom is 0.225 e. The van der Waals surface area contributed by atoms with Crippen LogP contribution in [0.15, 0.2) is 12.1 Å². The molecular formula is C13H15ClN2O2. The quantitative estimate of drug-likeness (QED) is 0.911. The minimum Gasteiger partial charge on any atom is -0.495 e. The topological polar surface area (TPSA) is 62.1 Å².